The molecule has 19 heavy (non-hydrogen) atoms. The molecule has 0 aliphatic heterocycles. The fourth-order valence-electron chi connectivity index (χ4n) is 1.27. The van der Waals surface area contributed by atoms with Gasteiger partial charge in [-0.2, -0.15) is 0 Å². The second-order valence-corrected chi connectivity index (χ2v) is 4.40. The molecule has 1 aromatic rings. The number of nitrogens with one attached hydrogen (secondary N) is 2. The number of hydrogen-bond donors (Lipinski definition) is 2. The Morgan fingerprint density at radius 1 is 1.63 bits per heavy atom. The van der Waals surface area contributed by atoms with Gasteiger partial charge >= 0.3 is 5.82 Å². The number of nitrogens with zero attached hydrogens (tertiary/aromatic N) is 2. The lowest BCUT2D eigenvalue weighted by Crippen LogP contribution is -2.26. The molecule has 0 radical (unpaired) electrons. The molecular weight excluding hydrogens is 276 g/mol. The fraction of sp³-hybridized carbons (Fsp3) is 0.600. The van der Waals surface area contributed by atoms with Crippen LogP contribution in [0.15, 0.2) is 0 Å². The van der Waals surface area contributed by atoms with E-state index in [0.717, 1.165) is 0 Å². The molecule has 0 atom stereocenters. The van der Waals surface area contributed by atoms with Crippen molar-refractivity contribution in [2.45, 2.75) is 26.4 Å². The minimum absolute atomic E-state index is 0.138. The van der Waals surface area contributed by atoms with E-state index >= 15 is 0 Å². The first-order chi connectivity index (χ1) is 8.93. The zero-order chi connectivity index (χ0) is 14.4. The van der Waals surface area contributed by atoms with E-state index < -0.39 is 16.6 Å². The summed E-state index contributed by atoms with van der Waals surface area (Å²) in [5.74, 6) is -1.05. The highest BCUT2D eigenvalue weighted by Gasteiger charge is 2.24. The smallest absolute Gasteiger partial charge is 0.362 e. The quantitative estimate of drug-likeness (QED) is 0.449. The minimum atomic E-state index is -0.734. The maximum atomic E-state index is 11.7. The van der Waals surface area contributed by atoms with Gasteiger partial charge in [-0.1, -0.05) is 16.7 Å². The van der Waals surface area contributed by atoms with Crippen molar-refractivity contribution >= 4 is 23.3 Å². The predicted octanol–water partition coefficient (Wildman–Crippen LogP) is 1.52. The molecule has 8 nitrogen and oxygen atoms in total. The molecule has 0 spiro atoms. The highest BCUT2D eigenvalue weighted by molar-refractivity contribution is 6.35. The number of carbonyl (C=O) groups is 1. The maximum Gasteiger partial charge on any atom is 0.362 e. The van der Waals surface area contributed by atoms with Gasteiger partial charge in [-0.15, -0.1) is 5.10 Å². The summed E-state index contributed by atoms with van der Waals surface area (Å²) in [6.45, 7) is 4.73. The summed E-state index contributed by atoms with van der Waals surface area (Å²) in [5, 5.41) is 18.4. The number of aromatic nitrogens is 2. The average Bonchev–Trinajstić information content (AvgIpc) is 2.70. The molecule has 0 aliphatic rings. The first-order valence-electron chi connectivity index (χ1n) is 5.71. The van der Waals surface area contributed by atoms with Gasteiger partial charge in [-0.25, -0.2) is 0 Å². The zero-order valence-electron chi connectivity index (χ0n) is 10.6. The van der Waals surface area contributed by atoms with E-state index in [1.165, 1.54) is 0 Å². The normalized spacial score (nSPS) is 10.7. The molecule has 0 aliphatic carbocycles. The van der Waals surface area contributed by atoms with Crippen LogP contribution < -0.4 is 5.32 Å². The Labute approximate surface area is 114 Å². The molecule has 0 aromatic carbocycles. The van der Waals surface area contributed by atoms with Crippen LogP contribution in [0.4, 0.5) is 5.82 Å². The van der Waals surface area contributed by atoms with E-state index in [9.17, 15) is 14.9 Å². The number of nitro groups is 1. The van der Waals surface area contributed by atoms with Crippen molar-refractivity contribution < 1.29 is 14.5 Å². The van der Waals surface area contributed by atoms with Crippen molar-refractivity contribution in [1.29, 1.82) is 0 Å². The number of carbonyl (C=O) groups excluding carboxylic acids is 1. The molecule has 0 bridgehead atoms. The molecule has 9 heteroatoms. The highest BCUT2D eigenvalue weighted by atomic mass is 35.5. The topological polar surface area (TPSA) is 110 Å². The van der Waals surface area contributed by atoms with Gasteiger partial charge in [0.15, 0.2) is 10.7 Å². The summed E-state index contributed by atoms with van der Waals surface area (Å²) < 4.78 is 5.30. The summed E-state index contributed by atoms with van der Waals surface area (Å²) in [6, 6.07) is 0. The molecule has 1 rings (SSSR count). The molecule has 0 unspecified atom stereocenters. The highest BCUT2D eigenvalue weighted by Crippen LogP contribution is 2.24. The van der Waals surface area contributed by atoms with Crippen LogP contribution in [0.3, 0.4) is 0 Å². The van der Waals surface area contributed by atoms with Crippen LogP contribution in [0.25, 0.3) is 0 Å². The van der Waals surface area contributed by atoms with Gasteiger partial charge < -0.3 is 20.2 Å². The van der Waals surface area contributed by atoms with Crippen LogP contribution in [0.2, 0.25) is 5.02 Å². The molecule has 2 N–H and O–H groups in total. The van der Waals surface area contributed by atoms with Crippen molar-refractivity contribution in [3.05, 3.63) is 20.8 Å². The minimum Gasteiger partial charge on any atom is -0.379 e. The molecule has 0 saturated heterocycles. The molecule has 0 saturated carbocycles. The summed E-state index contributed by atoms with van der Waals surface area (Å²) in [5.41, 5.74) is -0.182. The van der Waals surface area contributed by atoms with Crippen LogP contribution in [0.5, 0.6) is 0 Å². The van der Waals surface area contributed by atoms with Gasteiger partial charge in [-0.3, -0.25) is 4.79 Å². The summed E-state index contributed by atoms with van der Waals surface area (Å²) >= 11 is 5.67. The van der Waals surface area contributed by atoms with Crippen LogP contribution in [-0.4, -0.2) is 40.3 Å². The Kier molecular flexibility index (Phi) is 5.71. The largest absolute Gasteiger partial charge is 0.379 e. The second kappa shape index (κ2) is 7.05. The van der Waals surface area contributed by atoms with Crippen molar-refractivity contribution in [2.24, 2.45) is 0 Å². The Morgan fingerprint density at radius 2 is 2.32 bits per heavy atom. The Bertz CT molecular complexity index is 460. The molecule has 1 heterocycles. The molecular formula is C10H15ClN4O4. The van der Waals surface area contributed by atoms with Gasteiger partial charge in [0.25, 0.3) is 5.91 Å². The van der Waals surface area contributed by atoms with Gasteiger partial charge in [0.05, 0.1) is 6.10 Å². The second-order valence-electron chi connectivity index (χ2n) is 4.02. The summed E-state index contributed by atoms with van der Waals surface area (Å²) in [4.78, 5) is 21.4. The van der Waals surface area contributed by atoms with Gasteiger partial charge in [0.1, 0.15) is 0 Å². The number of H-pyrrole nitrogens is 1. The van der Waals surface area contributed by atoms with Gasteiger partial charge in [-0.05, 0) is 25.2 Å². The van der Waals surface area contributed by atoms with E-state index in [1.54, 1.807) is 0 Å². The van der Waals surface area contributed by atoms with Crippen LogP contribution in [0, 0.1) is 10.1 Å². The van der Waals surface area contributed by atoms with Crippen molar-refractivity contribution in [3.8, 4) is 0 Å². The predicted molar refractivity (Wildman–Crippen MR) is 68.3 cm³/mol. The fourth-order valence-corrected chi connectivity index (χ4v) is 1.51. The van der Waals surface area contributed by atoms with E-state index in [2.05, 4.69) is 15.5 Å². The Balaban J connectivity index is 2.44. The third-order valence-corrected chi connectivity index (χ3v) is 2.50. The molecule has 0 fully saturated rings. The lowest BCUT2D eigenvalue weighted by atomic mass is 10.3. The Morgan fingerprint density at radius 3 is 2.84 bits per heavy atom. The van der Waals surface area contributed by atoms with Crippen molar-refractivity contribution in [2.75, 3.05) is 13.2 Å². The summed E-state index contributed by atoms with van der Waals surface area (Å²) in [7, 11) is 0. The number of halogens is 1. The van der Waals surface area contributed by atoms with Crippen molar-refractivity contribution in [1.82, 2.24) is 15.5 Å². The first kappa shape index (κ1) is 15.4. The Hall–Kier alpha value is -1.67. The van der Waals surface area contributed by atoms with Crippen LogP contribution in [-0.2, 0) is 4.74 Å². The van der Waals surface area contributed by atoms with Gasteiger partial charge in [0.2, 0.25) is 0 Å². The van der Waals surface area contributed by atoms with E-state index in [1.807, 2.05) is 13.8 Å². The van der Waals surface area contributed by atoms with E-state index in [-0.39, 0.29) is 16.8 Å². The van der Waals surface area contributed by atoms with E-state index in [0.29, 0.717) is 19.6 Å². The van der Waals surface area contributed by atoms with Crippen LogP contribution >= 0.6 is 11.6 Å². The number of ether oxygens (including phenoxy) is 1. The summed E-state index contributed by atoms with van der Waals surface area (Å²) in [6.07, 6.45) is 0.771. The monoisotopic (exact) mass is 290 g/mol. The average molecular weight is 291 g/mol. The molecule has 1 aromatic heterocycles. The number of aromatic amines is 1. The standard InChI is InChI=1S/C10H15ClN4O4/c1-6(2)19-5-3-4-12-10(16)8-7(11)9(14-13-8)15(17)18/h6H,3-5H2,1-2H3,(H,12,16)(H,13,14). The number of amides is 1. The zero-order valence-corrected chi connectivity index (χ0v) is 11.4. The van der Waals surface area contributed by atoms with E-state index in [4.69, 9.17) is 16.3 Å². The lowest BCUT2D eigenvalue weighted by molar-refractivity contribution is -0.389. The molecule has 106 valence electrons. The number of rotatable bonds is 7. The third-order valence-electron chi connectivity index (χ3n) is 2.14. The first-order valence-corrected chi connectivity index (χ1v) is 6.09. The maximum absolute atomic E-state index is 11.7. The van der Waals surface area contributed by atoms with Gasteiger partial charge in [0, 0.05) is 13.2 Å². The third kappa shape index (κ3) is 4.49. The lowest BCUT2D eigenvalue weighted by Gasteiger charge is -2.07. The number of hydrogen-bond acceptors (Lipinski definition) is 5. The SMILES string of the molecule is CC(C)OCCCNC(=O)c1n[nH]c([N+](=O)[O-])c1Cl. The van der Waals surface area contributed by atoms with Crippen LogP contribution in [0.1, 0.15) is 30.8 Å². The molecule has 1 amide bonds. The van der Waals surface area contributed by atoms with Crippen molar-refractivity contribution in [3.63, 3.8) is 0 Å².